The van der Waals surface area contributed by atoms with E-state index in [-0.39, 0.29) is 5.91 Å². The highest BCUT2D eigenvalue weighted by atomic mass is 16.1. The Labute approximate surface area is 164 Å². The van der Waals surface area contributed by atoms with E-state index in [9.17, 15) is 4.79 Å². The van der Waals surface area contributed by atoms with E-state index >= 15 is 0 Å². The van der Waals surface area contributed by atoms with E-state index < -0.39 is 0 Å². The number of hydrogen-bond donors (Lipinski definition) is 2. The first-order chi connectivity index (χ1) is 13.5. The second-order valence-electron chi connectivity index (χ2n) is 6.60. The van der Waals surface area contributed by atoms with Crippen molar-refractivity contribution in [2.24, 2.45) is 0 Å². The van der Waals surface area contributed by atoms with E-state index in [0.717, 1.165) is 35.9 Å². The van der Waals surface area contributed by atoms with E-state index in [1.807, 2.05) is 68.8 Å². The van der Waals surface area contributed by atoms with Crippen molar-refractivity contribution in [2.45, 2.75) is 20.3 Å². The molecular formula is C21H24N6O. The lowest BCUT2D eigenvalue weighted by Gasteiger charge is -2.19. The van der Waals surface area contributed by atoms with Gasteiger partial charge in [0.2, 0.25) is 11.9 Å². The van der Waals surface area contributed by atoms with Crippen LogP contribution in [-0.4, -0.2) is 34.5 Å². The van der Waals surface area contributed by atoms with Crippen LogP contribution in [0.2, 0.25) is 0 Å². The summed E-state index contributed by atoms with van der Waals surface area (Å²) in [5.74, 6) is 1.30. The quantitative estimate of drug-likeness (QED) is 0.656. The predicted octanol–water partition coefficient (Wildman–Crippen LogP) is 3.56. The number of aryl methyl sites for hydroxylation is 1. The number of amides is 1. The smallest absolute Gasteiger partial charge is 0.229 e. The highest BCUT2D eigenvalue weighted by Gasteiger charge is 2.08. The van der Waals surface area contributed by atoms with Crippen molar-refractivity contribution in [1.82, 2.24) is 15.0 Å². The summed E-state index contributed by atoms with van der Waals surface area (Å²) in [4.78, 5) is 26.4. The normalized spacial score (nSPS) is 10.4. The van der Waals surface area contributed by atoms with Gasteiger partial charge in [0.15, 0.2) is 0 Å². The third kappa shape index (κ3) is 5.51. The SMILES string of the molecule is CC(=O)Nc1ccc(Nc2nc(C)cc(N(C)CCc3ccncc3)n2)cc1. The molecule has 7 heteroatoms. The van der Waals surface area contributed by atoms with Crippen molar-refractivity contribution in [3.8, 4) is 0 Å². The Bertz CT molecular complexity index is 927. The molecule has 0 unspecified atom stereocenters. The number of carbonyl (C=O) groups is 1. The van der Waals surface area contributed by atoms with Gasteiger partial charge in [-0.1, -0.05) is 0 Å². The molecule has 7 nitrogen and oxygen atoms in total. The number of aromatic nitrogens is 3. The van der Waals surface area contributed by atoms with Crippen LogP contribution < -0.4 is 15.5 Å². The zero-order chi connectivity index (χ0) is 19.9. The number of anilines is 4. The minimum Gasteiger partial charge on any atom is -0.359 e. The van der Waals surface area contributed by atoms with Gasteiger partial charge in [-0.2, -0.15) is 4.98 Å². The fraction of sp³-hybridized carbons (Fsp3) is 0.238. The molecule has 28 heavy (non-hydrogen) atoms. The topological polar surface area (TPSA) is 83.0 Å². The fourth-order valence-electron chi connectivity index (χ4n) is 2.73. The van der Waals surface area contributed by atoms with Crippen LogP contribution in [-0.2, 0) is 11.2 Å². The Kier molecular flexibility index (Phi) is 6.16. The van der Waals surface area contributed by atoms with Crippen LogP contribution in [0.1, 0.15) is 18.2 Å². The van der Waals surface area contributed by atoms with Gasteiger partial charge in [0, 0.05) is 56.0 Å². The van der Waals surface area contributed by atoms with Gasteiger partial charge in [-0.05, 0) is 55.3 Å². The van der Waals surface area contributed by atoms with E-state index in [1.54, 1.807) is 0 Å². The molecule has 3 rings (SSSR count). The molecule has 0 atom stereocenters. The molecule has 2 aromatic heterocycles. The highest BCUT2D eigenvalue weighted by molar-refractivity contribution is 5.88. The first-order valence-corrected chi connectivity index (χ1v) is 9.10. The number of carbonyl (C=O) groups excluding carboxylic acids is 1. The van der Waals surface area contributed by atoms with Gasteiger partial charge in [0.25, 0.3) is 0 Å². The van der Waals surface area contributed by atoms with Gasteiger partial charge in [0.05, 0.1) is 0 Å². The van der Waals surface area contributed by atoms with Gasteiger partial charge < -0.3 is 15.5 Å². The molecular weight excluding hydrogens is 352 g/mol. The number of hydrogen-bond acceptors (Lipinski definition) is 6. The second kappa shape index (κ2) is 8.94. The molecule has 0 aliphatic heterocycles. The molecule has 0 aliphatic carbocycles. The number of rotatable bonds is 7. The maximum Gasteiger partial charge on any atom is 0.229 e. The van der Waals surface area contributed by atoms with E-state index in [4.69, 9.17) is 0 Å². The van der Waals surface area contributed by atoms with E-state index in [0.29, 0.717) is 5.95 Å². The molecule has 1 amide bonds. The molecule has 2 heterocycles. The monoisotopic (exact) mass is 376 g/mol. The zero-order valence-electron chi connectivity index (χ0n) is 16.3. The Morgan fingerprint density at radius 3 is 2.39 bits per heavy atom. The summed E-state index contributed by atoms with van der Waals surface area (Å²) in [5.41, 5.74) is 3.73. The number of pyridine rings is 1. The standard InChI is InChI=1S/C21H24N6O/c1-15-14-20(27(3)13-10-17-8-11-22-12-9-17)26-21(23-15)25-19-6-4-18(5-7-19)24-16(2)28/h4-9,11-12,14H,10,13H2,1-3H3,(H,24,28)(H,23,25,26). The summed E-state index contributed by atoms with van der Waals surface area (Å²) in [6.45, 7) is 4.28. The first kappa shape index (κ1) is 19.3. The number of likely N-dealkylation sites (N-methyl/N-ethyl adjacent to an activating group) is 1. The molecule has 144 valence electrons. The zero-order valence-corrected chi connectivity index (χ0v) is 16.3. The van der Waals surface area contributed by atoms with E-state index in [1.165, 1.54) is 12.5 Å². The molecule has 1 aromatic carbocycles. The molecule has 3 aromatic rings. The van der Waals surface area contributed by atoms with Gasteiger partial charge in [0.1, 0.15) is 5.82 Å². The maximum atomic E-state index is 11.1. The Hall–Kier alpha value is -3.48. The Balaban J connectivity index is 1.67. The summed E-state index contributed by atoms with van der Waals surface area (Å²) < 4.78 is 0. The van der Waals surface area contributed by atoms with Crippen LogP contribution in [0.15, 0.2) is 54.9 Å². The van der Waals surface area contributed by atoms with Crippen molar-refractivity contribution in [1.29, 1.82) is 0 Å². The first-order valence-electron chi connectivity index (χ1n) is 9.10. The Morgan fingerprint density at radius 2 is 1.71 bits per heavy atom. The van der Waals surface area contributed by atoms with Crippen LogP contribution in [0.3, 0.4) is 0 Å². The van der Waals surface area contributed by atoms with Crippen molar-refractivity contribution >= 4 is 29.0 Å². The third-order valence-electron chi connectivity index (χ3n) is 4.18. The van der Waals surface area contributed by atoms with Gasteiger partial charge >= 0.3 is 0 Å². The molecule has 0 saturated heterocycles. The second-order valence-corrected chi connectivity index (χ2v) is 6.60. The lowest BCUT2D eigenvalue weighted by molar-refractivity contribution is -0.114. The molecule has 0 radical (unpaired) electrons. The van der Waals surface area contributed by atoms with Crippen LogP contribution in [0.4, 0.5) is 23.1 Å². The van der Waals surface area contributed by atoms with Crippen molar-refractivity contribution < 1.29 is 4.79 Å². The molecule has 0 saturated carbocycles. The van der Waals surface area contributed by atoms with Crippen molar-refractivity contribution in [2.75, 3.05) is 29.1 Å². The number of nitrogens with one attached hydrogen (secondary N) is 2. The highest BCUT2D eigenvalue weighted by Crippen LogP contribution is 2.19. The number of nitrogens with zero attached hydrogens (tertiary/aromatic N) is 4. The van der Waals surface area contributed by atoms with E-state index in [2.05, 4.69) is 30.5 Å². The maximum absolute atomic E-state index is 11.1. The summed E-state index contributed by atoms with van der Waals surface area (Å²) in [7, 11) is 2.02. The predicted molar refractivity (Wildman–Crippen MR) is 112 cm³/mol. The minimum absolute atomic E-state index is 0.0952. The van der Waals surface area contributed by atoms with Crippen LogP contribution in [0.5, 0.6) is 0 Å². The number of benzene rings is 1. The van der Waals surface area contributed by atoms with Crippen LogP contribution in [0.25, 0.3) is 0 Å². The summed E-state index contributed by atoms with van der Waals surface area (Å²) in [6.07, 6.45) is 4.53. The van der Waals surface area contributed by atoms with Gasteiger partial charge in [-0.15, -0.1) is 0 Å². The average Bonchev–Trinajstić information content (AvgIpc) is 2.67. The van der Waals surface area contributed by atoms with Crippen LogP contribution in [0, 0.1) is 6.92 Å². The lowest BCUT2D eigenvalue weighted by atomic mass is 10.2. The molecule has 0 bridgehead atoms. The summed E-state index contributed by atoms with van der Waals surface area (Å²) in [6, 6.07) is 13.4. The van der Waals surface area contributed by atoms with Gasteiger partial charge in [-0.3, -0.25) is 9.78 Å². The van der Waals surface area contributed by atoms with Crippen LogP contribution >= 0.6 is 0 Å². The largest absolute Gasteiger partial charge is 0.359 e. The molecule has 0 fully saturated rings. The average molecular weight is 376 g/mol. The molecule has 2 N–H and O–H groups in total. The minimum atomic E-state index is -0.0952. The third-order valence-corrected chi connectivity index (χ3v) is 4.18. The fourth-order valence-corrected chi connectivity index (χ4v) is 2.73. The molecule has 0 spiro atoms. The lowest BCUT2D eigenvalue weighted by Crippen LogP contribution is -2.22. The summed E-state index contributed by atoms with van der Waals surface area (Å²) >= 11 is 0. The molecule has 0 aliphatic rings. The summed E-state index contributed by atoms with van der Waals surface area (Å²) in [5, 5.41) is 5.97. The van der Waals surface area contributed by atoms with Crippen molar-refractivity contribution in [3.05, 3.63) is 66.1 Å². The van der Waals surface area contributed by atoms with Crippen molar-refractivity contribution in [3.63, 3.8) is 0 Å². The Morgan fingerprint density at radius 1 is 1.04 bits per heavy atom. The van der Waals surface area contributed by atoms with Gasteiger partial charge in [-0.25, -0.2) is 4.98 Å².